The zero-order valence-corrected chi connectivity index (χ0v) is 19.2. The molecule has 10 heteroatoms. The van der Waals surface area contributed by atoms with Crippen LogP contribution >= 0.6 is 23.8 Å². The first-order valence-corrected chi connectivity index (χ1v) is 10.7. The number of nitrogens with one attached hydrogen (secondary N) is 2. The molecular formula is C22H23ClN4O4S. The maximum Gasteiger partial charge on any atom is 0.254 e. The van der Waals surface area contributed by atoms with Crippen LogP contribution in [0.2, 0.25) is 5.02 Å². The van der Waals surface area contributed by atoms with E-state index in [1.54, 1.807) is 62.6 Å². The van der Waals surface area contributed by atoms with Gasteiger partial charge < -0.3 is 10.1 Å². The minimum atomic E-state index is -0.936. The van der Waals surface area contributed by atoms with E-state index in [-0.39, 0.29) is 35.7 Å². The van der Waals surface area contributed by atoms with Gasteiger partial charge in [0.15, 0.2) is 5.11 Å². The fraction of sp³-hybridized carbons (Fsp3) is 0.273. The van der Waals surface area contributed by atoms with Crippen molar-refractivity contribution >= 4 is 52.3 Å². The molecule has 8 nitrogen and oxygen atoms in total. The molecule has 0 saturated carbocycles. The maximum absolute atomic E-state index is 12.8. The number of hydrogen-bond acceptors (Lipinski definition) is 5. The van der Waals surface area contributed by atoms with Gasteiger partial charge in [-0.05, 0) is 61.1 Å². The van der Waals surface area contributed by atoms with Crippen molar-refractivity contribution in [3.05, 3.63) is 59.1 Å². The van der Waals surface area contributed by atoms with Gasteiger partial charge in [0.2, 0.25) is 11.8 Å². The lowest BCUT2D eigenvalue weighted by atomic mass is 10.1. The van der Waals surface area contributed by atoms with Crippen molar-refractivity contribution in [3.8, 4) is 5.75 Å². The van der Waals surface area contributed by atoms with Crippen molar-refractivity contribution in [3.63, 3.8) is 0 Å². The lowest BCUT2D eigenvalue weighted by Gasteiger charge is -2.24. The van der Waals surface area contributed by atoms with Gasteiger partial charge in [-0.25, -0.2) is 5.01 Å². The molecule has 2 N–H and O–H groups in total. The highest BCUT2D eigenvalue weighted by atomic mass is 35.5. The van der Waals surface area contributed by atoms with E-state index in [2.05, 4.69) is 10.7 Å². The van der Waals surface area contributed by atoms with Gasteiger partial charge in [-0.1, -0.05) is 23.7 Å². The highest BCUT2D eigenvalue weighted by Crippen LogP contribution is 2.20. The first kappa shape index (κ1) is 23.5. The topological polar surface area (TPSA) is 91.0 Å². The van der Waals surface area contributed by atoms with Crippen LogP contribution in [0.5, 0.6) is 5.75 Å². The fourth-order valence-electron chi connectivity index (χ4n) is 3.27. The molecule has 3 amide bonds. The minimum absolute atomic E-state index is 0.0765. The van der Waals surface area contributed by atoms with Crippen LogP contribution in [0.4, 0.5) is 5.69 Å². The Morgan fingerprint density at radius 1 is 1.09 bits per heavy atom. The SMILES string of the molecule is CCN1C(=O)[C@H](CC(=O)Nc2ccc(Cl)cc2)N(NC(=O)Cc2ccc(OC)cc2)C1=S. The Morgan fingerprint density at radius 2 is 1.75 bits per heavy atom. The summed E-state index contributed by atoms with van der Waals surface area (Å²) in [6.45, 7) is 2.11. The van der Waals surface area contributed by atoms with Gasteiger partial charge >= 0.3 is 0 Å². The molecule has 1 aliphatic rings. The standard InChI is InChI=1S/C22H23ClN4O4S/c1-3-26-21(30)18(13-19(28)24-16-8-6-15(23)7-9-16)27(22(26)32)25-20(29)12-14-4-10-17(31-2)11-5-14/h4-11,18H,3,12-13H2,1-2H3,(H,24,28)(H,25,29)/t18-/m0/s1. The summed E-state index contributed by atoms with van der Waals surface area (Å²) >= 11 is 11.2. The monoisotopic (exact) mass is 474 g/mol. The number of halogens is 1. The highest BCUT2D eigenvalue weighted by Gasteiger charge is 2.43. The van der Waals surface area contributed by atoms with Crippen LogP contribution in [-0.4, -0.2) is 52.4 Å². The quantitative estimate of drug-likeness (QED) is 0.572. The van der Waals surface area contributed by atoms with Crippen molar-refractivity contribution in [2.75, 3.05) is 19.0 Å². The Bertz CT molecular complexity index is 1010. The number of ether oxygens (including phenoxy) is 1. The number of anilines is 1. The molecule has 0 unspecified atom stereocenters. The molecular weight excluding hydrogens is 452 g/mol. The van der Waals surface area contributed by atoms with Crippen LogP contribution < -0.4 is 15.5 Å². The molecule has 1 heterocycles. The smallest absolute Gasteiger partial charge is 0.254 e. The summed E-state index contributed by atoms with van der Waals surface area (Å²) in [5.74, 6) is -0.397. The molecule has 32 heavy (non-hydrogen) atoms. The van der Waals surface area contributed by atoms with Gasteiger partial charge in [-0.2, -0.15) is 0 Å². The number of carbonyl (C=O) groups excluding carboxylic acids is 3. The molecule has 1 fully saturated rings. The predicted molar refractivity (Wildman–Crippen MR) is 125 cm³/mol. The third-order valence-corrected chi connectivity index (χ3v) is 5.56. The van der Waals surface area contributed by atoms with Crippen molar-refractivity contribution in [1.82, 2.24) is 15.3 Å². The van der Waals surface area contributed by atoms with Crippen molar-refractivity contribution < 1.29 is 19.1 Å². The molecule has 1 aliphatic heterocycles. The molecule has 168 valence electrons. The molecule has 2 aromatic rings. The van der Waals surface area contributed by atoms with Crippen molar-refractivity contribution in [2.45, 2.75) is 25.8 Å². The van der Waals surface area contributed by atoms with E-state index >= 15 is 0 Å². The zero-order valence-electron chi connectivity index (χ0n) is 17.6. The van der Waals surface area contributed by atoms with Gasteiger partial charge in [0, 0.05) is 17.3 Å². The molecule has 0 aromatic heterocycles. The van der Waals surface area contributed by atoms with Crippen LogP contribution in [0.15, 0.2) is 48.5 Å². The number of methoxy groups -OCH3 is 1. The van der Waals surface area contributed by atoms with Crippen LogP contribution in [0, 0.1) is 0 Å². The lowest BCUT2D eigenvalue weighted by molar-refractivity contribution is -0.132. The molecule has 1 saturated heterocycles. The van der Waals surface area contributed by atoms with E-state index in [0.29, 0.717) is 23.0 Å². The van der Waals surface area contributed by atoms with Crippen LogP contribution in [0.1, 0.15) is 18.9 Å². The van der Waals surface area contributed by atoms with E-state index in [1.165, 1.54) is 9.91 Å². The second-order valence-corrected chi connectivity index (χ2v) is 7.87. The second-order valence-electron chi connectivity index (χ2n) is 7.07. The molecule has 0 radical (unpaired) electrons. The summed E-state index contributed by atoms with van der Waals surface area (Å²) in [6.07, 6.45) is -0.103. The number of nitrogens with zero attached hydrogens (tertiary/aromatic N) is 2. The summed E-state index contributed by atoms with van der Waals surface area (Å²) in [5.41, 5.74) is 4.01. The predicted octanol–water partition coefficient (Wildman–Crippen LogP) is 2.77. The van der Waals surface area contributed by atoms with Crippen LogP contribution in [0.25, 0.3) is 0 Å². The summed E-state index contributed by atoms with van der Waals surface area (Å²) in [7, 11) is 1.57. The van der Waals surface area contributed by atoms with Gasteiger partial charge in [0.25, 0.3) is 5.91 Å². The summed E-state index contributed by atoms with van der Waals surface area (Å²) in [6, 6.07) is 12.8. The van der Waals surface area contributed by atoms with E-state index in [1.807, 2.05) is 0 Å². The summed E-state index contributed by atoms with van der Waals surface area (Å²) in [5, 5.41) is 4.73. The number of amides is 3. The second kappa shape index (κ2) is 10.4. The molecule has 0 aliphatic carbocycles. The Hall–Kier alpha value is -3.17. The van der Waals surface area contributed by atoms with Gasteiger partial charge in [0.05, 0.1) is 20.0 Å². The summed E-state index contributed by atoms with van der Waals surface area (Å²) < 4.78 is 5.12. The van der Waals surface area contributed by atoms with E-state index in [4.69, 9.17) is 28.6 Å². The normalized spacial score (nSPS) is 15.7. The molecule has 0 bridgehead atoms. The van der Waals surface area contributed by atoms with Crippen molar-refractivity contribution in [1.29, 1.82) is 0 Å². The average molecular weight is 475 g/mol. The Kier molecular flexibility index (Phi) is 7.66. The summed E-state index contributed by atoms with van der Waals surface area (Å²) in [4.78, 5) is 39.4. The number of benzene rings is 2. The highest BCUT2D eigenvalue weighted by molar-refractivity contribution is 7.80. The third-order valence-electron chi connectivity index (χ3n) is 4.89. The molecule has 2 aromatic carbocycles. The van der Waals surface area contributed by atoms with Crippen LogP contribution in [-0.2, 0) is 20.8 Å². The van der Waals surface area contributed by atoms with E-state index in [9.17, 15) is 14.4 Å². The van der Waals surface area contributed by atoms with Crippen LogP contribution in [0.3, 0.4) is 0 Å². The Labute approximate surface area is 196 Å². The number of hydrazine groups is 1. The first-order valence-electron chi connectivity index (χ1n) is 9.94. The minimum Gasteiger partial charge on any atom is -0.497 e. The Morgan fingerprint density at radius 3 is 2.34 bits per heavy atom. The number of likely N-dealkylation sites (N-methyl/N-ethyl adjacent to an activating group) is 1. The van der Waals surface area contributed by atoms with E-state index in [0.717, 1.165) is 5.56 Å². The van der Waals surface area contributed by atoms with Crippen molar-refractivity contribution in [2.24, 2.45) is 0 Å². The number of hydrogen-bond donors (Lipinski definition) is 2. The Balaban J connectivity index is 1.68. The number of rotatable bonds is 8. The molecule has 0 spiro atoms. The third kappa shape index (κ3) is 5.54. The molecule has 1 atom stereocenters. The maximum atomic E-state index is 12.8. The first-order chi connectivity index (χ1) is 15.3. The lowest BCUT2D eigenvalue weighted by Crippen LogP contribution is -2.50. The largest absolute Gasteiger partial charge is 0.497 e. The van der Waals surface area contributed by atoms with E-state index < -0.39 is 6.04 Å². The average Bonchev–Trinajstić information content (AvgIpc) is 2.99. The zero-order chi connectivity index (χ0) is 23.3. The van der Waals surface area contributed by atoms with Gasteiger partial charge in [-0.15, -0.1) is 0 Å². The fourth-order valence-corrected chi connectivity index (χ4v) is 3.78. The van der Waals surface area contributed by atoms with Gasteiger partial charge in [-0.3, -0.25) is 24.7 Å². The van der Waals surface area contributed by atoms with Gasteiger partial charge in [0.1, 0.15) is 11.8 Å². The molecule has 3 rings (SSSR count). The number of thiocarbonyl (C=S) groups is 1. The number of carbonyl (C=O) groups is 3.